The van der Waals surface area contributed by atoms with E-state index >= 15 is 0 Å². The van der Waals surface area contributed by atoms with Crippen molar-refractivity contribution in [1.29, 1.82) is 0 Å². The fourth-order valence-corrected chi connectivity index (χ4v) is 4.47. The van der Waals surface area contributed by atoms with Crippen molar-refractivity contribution in [3.63, 3.8) is 0 Å². The fraction of sp³-hybridized carbons (Fsp3) is 0.542. The van der Waals surface area contributed by atoms with Crippen LogP contribution in [-0.2, 0) is 9.53 Å². The highest BCUT2D eigenvalue weighted by molar-refractivity contribution is 7.99. The summed E-state index contributed by atoms with van der Waals surface area (Å²) in [5.41, 5.74) is 2.00. The maximum Gasteiger partial charge on any atom is 0.338 e. The second-order valence-electron chi connectivity index (χ2n) is 8.36. The number of allylic oxidation sites excluding steroid dienone is 1. The summed E-state index contributed by atoms with van der Waals surface area (Å²) in [6.45, 7) is 8.94. The minimum absolute atomic E-state index is 0.414. The standard InChI is InChI=1S/C24H34N4O4S/c1-7-8-13-33-24-26-23-25-16(4)20(22(29)31-6)21(28(23)27-24)17-9-10-18(19(14-17)30-5)32-12-11-15(2)3/h9-10,14-15,21H,7-8,11-13H2,1-6H3,(H,25,26,27). The van der Waals surface area contributed by atoms with Gasteiger partial charge in [-0.05, 0) is 43.4 Å². The Kier molecular flexibility index (Phi) is 8.66. The van der Waals surface area contributed by atoms with Gasteiger partial charge in [0.1, 0.15) is 6.04 Å². The predicted molar refractivity (Wildman–Crippen MR) is 130 cm³/mol. The first-order chi connectivity index (χ1) is 15.9. The average molecular weight is 475 g/mol. The molecule has 0 fully saturated rings. The molecule has 1 N–H and O–H groups in total. The number of esters is 1. The molecule has 1 unspecified atom stereocenters. The third-order valence-electron chi connectivity index (χ3n) is 5.42. The molecule has 9 heteroatoms. The molecule has 1 aliphatic rings. The van der Waals surface area contributed by atoms with Gasteiger partial charge in [-0.15, -0.1) is 5.10 Å². The molecule has 1 aromatic carbocycles. The lowest BCUT2D eigenvalue weighted by molar-refractivity contribution is -0.136. The Morgan fingerprint density at radius 1 is 1.27 bits per heavy atom. The van der Waals surface area contributed by atoms with Crippen LogP contribution >= 0.6 is 11.8 Å². The van der Waals surface area contributed by atoms with E-state index in [0.29, 0.717) is 46.4 Å². The number of carbonyl (C=O) groups is 1. The summed E-state index contributed by atoms with van der Waals surface area (Å²) in [5, 5.41) is 8.61. The van der Waals surface area contributed by atoms with Gasteiger partial charge in [0.15, 0.2) is 11.5 Å². The van der Waals surface area contributed by atoms with Gasteiger partial charge < -0.3 is 19.5 Å². The quantitative estimate of drug-likeness (QED) is 0.275. The molecule has 1 aliphatic heterocycles. The van der Waals surface area contributed by atoms with E-state index in [0.717, 1.165) is 30.6 Å². The van der Waals surface area contributed by atoms with Gasteiger partial charge in [0.25, 0.3) is 0 Å². The van der Waals surface area contributed by atoms with Crippen LogP contribution in [0.1, 0.15) is 58.6 Å². The normalized spacial score (nSPS) is 15.3. The first-order valence-electron chi connectivity index (χ1n) is 11.4. The van der Waals surface area contributed by atoms with E-state index in [1.54, 1.807) is 23.6 Å². The van der Waals surface area contributed by atoms with E-state index in [1.165, 1.54) is 7.11 Å². The number of nitrogens with one attached hydrogen (secondary N) is 1. The highest BCUT2D eigenvalue weighted by Gasteiger charge is 2.35. The van der Waals surface area contributed by atoms with Crippen LogP contribution in [-0.4, -0.2) is 47.3 Å². The number of unbranched alkanes of at least 4 members (excludes halogenated alkanes) is 1. The fourth-order valence-electron chi connectivity index (χ4n) is 3.56. The minimum Gasteiger partial charge on any atom is -0.493 e. The number of fused-ring (bicyclic) bond motifs is 1. The lowest BCUT2D eigenvalue weighted by atomic mass is 9.95. The zero-order valence-electron chi connectivity index (χ0n) is 20.3. The topological polar surface area (TPSA) is 87.5 Å². The summed E-state index contributed by atoms with van der Waals surface area (Å²) in [7, 11) is 3.00. The van der Waals surface area contributed by atoms with Crippen molar-refractivity contribution in [3.05, 3.63) is 35.0 Å². The van der Waals surface area contributed by atoms with Crippen molar-refractivity contribution in [2.75, 3.05) is 31.9 Å². The van der Waals surface area contributed by atoms with Gasteiger partial charge in [-0.25, -0.2) is 9.48 Å². The van der Waals surface area contributed by atoms with Gasteiger partial charge in [0.05, 0.1) is 26.4 Å². The average Bonchev–Trinajstić information content (AvgIpc) is 3.20. The Balaban J connectivity index is 1.99. The Morgan fingerprint density at radius 3 is 2.73 bits per heavy atom. The minimum atomic E-state index is -0.500. The Labute approximate surface area is 200 Å². The number of methoxy groups -OCH3 is 2. The van der Waals surface area contributed by atoms with E-state index in [-0.39, 0.29) is 0 Å². The molecule has 0 aliphatic carbocycles. The van der Waals surface area contributed by atoms with Gasteiger partial charge in [-0.1, -0.05) is 45.0 Å². The van der Waals surface area contributed by atoms with Crippen molar-refractivity contribution >= 4 is 23.7 Å². The number of carbonyl (C=O) groups excluding carboxylic acids is 1. The molecule has 0 saturated heterocycles. The number of hydrogen-bond acceptors (Lipinski definition) is 8. The lowest BCUT2D eigenvalue weighted by Gasteiger charge is -2.28. The third-order valence-corrected chi connectivity index (χ3v) is 6.35. The maximum atomic E-state index is 12.8. The molecule has 180 valence electrons. The molecule has 2 aromatic rings. The van der Waals surface area contributed by atoms with Crippen LogP contribution in [0, 0.1) is 5.92 Å². The molecule has 0 amide bonds. The van der Waals surface area contributed by atoms with Gasteiger partial charge in [0.2, 0.25) is 11.1 Å². The molecule has 1 atom stereocenters. The summed E-state index contributed by atoms with van der Waals surface area (Å²) in [6.07, 6.45) is 3.15. The first-order valence-corrected chi connectivity index (χ1v) is 12.3. The molecule has 0 radical (unpaired) electrons. The number of benzene rings is 1. The predicted octanol–water partition coefficient (Wildman–Crippen LogP) is 5.07. The number of thioether (sulfide) groups is 1. The van der Waals surface area contributed by atoms with Crippen LogP contribution < -0.4 is 14.8 Å². The van der Waals surface area contributed by atoms with Crippen LogP contribution in [0.2, 0.25) is 0 Å². The van der Waals surface area contributed by atoms with Crippen LogP contribution in [0.5, 0.6) is 11.5 Å². The van der Waals surface area contributed by atoms with Crippen molar-refractivity contribution in [3.8, 4) is 11.5 Å². The van der Waals surface area contributed by atoms with Gasteiger partial charge in [-0.2, -0.15) is 4.98 Å². The second-order valence-corrected chi connectivity index (χ2v) is 9.43. The van der Waals surface area contributed by atoms with Crippen molar-refractivity contribution in [2.45, 2.75) is 58.2 Å². The summed E-state index contributed by atoms with van der Waals surface area (Å²) in [5.74, 6) is 2.96. The van der Waals surface area contributed by atoms with Crippen LogP contribution in [0.3, 0.4) is 0 Å². The van der Waals surface area contributed by atoms with Crippen LogP contribution in [0.15, 0.2) is 34.6 Å². The summed E-state index contributed by atoms with van der Waals surface area (Å²) < 4.78 is 18.4. The van der Waals surface area contributed by atoms with Crippen LogP contribution in [0.25, 0.3) is 0 Å². The Bertz CT molecular complexity index is 1000. The Morgan fingerprint density at radius 2 is 2.06 bits per heavy atom. The zero-order valence-corrected chi connectivity index (χ0v) is 21.1. The van der Waals surface area contributed by atoms with Gasteiger partial charge in [-0.3, -0.25) is 0 Å². The highest BCUT2D eigenvalue weighted by Crippen LogP contribution is 2.39. The smallest absolute Gasteiger partial charge is 0.338 e. The molecule has 0 saturated carbocycles. The van der Waals surface area contributed by atoms with E-state index in [4.69, 9.17) is 19.3 Å². The molecule has 3 rings (SSSR count). The zero-order chi connectivity index (χ0) is 24.0. The number of hydrogen-bond donors (Lipinski definition) is 1. The van der Waals surface area contributed by atoms with Gasteiger partial charge >= 0.3 is 5.97 Å². The number of anilines is 1. The van der Waals surface area contributed by atoms with E-state index in [2.05, 4.69) is 31.1 Å². The molecule has 0 spiro atoms. The third kappa shape index (κ3) is 5.82. The number of nitrogens with zero attached hydrogens (tertiary/aromatic N) is 3. The van der Waals surface area contributed by atoms with E-state index in [1.807, 2.05) is 25.1 Å². The summed E-state index contributed by atoms with van der Waals surface area (Å²) in [6, 6.07) is 5.22. The monoisotopic (exact) mass is 474 g/mol. The molecular formula is C24H34N4O4S. The molecular weight excluding hydrogens is 440 g/mol. The van der Waals surface area contributed by atoms with Crippen molar-refractivity contribution < 1.29 is 19.0 Å². The SMILES string of the molecule is CCCCSc1nc2n(n1)C(c1ccc(OCCC(C)C)c(OC)c1)C(C(=O)OC)=C(C)N2. The molecule has 1 aromatic heterocycles. The van der Waals surface area contributed by atoms with Crippen LogP contribution in [0.4, 0.5) is 5.95 Å². The largest absolute Gasteiger partial charge is 0.493 e. The van der Waals surface area contributed by atoms with Crippen molar-refractivity contribution in [1.82, 2.24) is 14.8 Å². The molecule has 2 heterocycles. The Hall–Kier alpha value is -2.68. The first kappa shape index (κ1) is 25.0. The van der Waals surface area contributed by atoms with Gasteiger partial charge in [0, 0.05) is 11.4 Å². The van der Waals surface area contributed by atoms with E-state index < -0.39 is 12.0 Å². The lowest BCUT2D eigenvalue weighted by Crippen LogP contribution is -2.29. The summed E-state index contributed by atoms with van der Waals surface area (Å²) >= 11 is 1.61. The number of aromatic nitrogens is 3. The highest BCUT2D eigenvalue weighted by atomic mass is 32.2. The molecule has 33 heavy (non-hydrogen) atoms. The molecule has 8 nitrogen and oxygen atoms in total. The maximum absolute atomic E-state index is 12.8. The number of rotatable bonds is 11. The van der Waals surface area contributed by atoms with Crippen molar-refractivity contribution in [2.24, 2.45) is 5.92 Å². The second kappa shape index (κ2) is 11.4. The molecule has 0 bridgehead atoms. The summed E-state index contributed by atoms with van der Waals surface area (Å²) in [4.78, 5) is 17.4. The van der Waals surface area contributed by atoms with E-state index in [9.17, 15) is 4.79 Å². The number of ether oxygens (including phenoxy) is 3.